The van der Waals surface area contributed by atoms with Crippen LogP contribution in [-0.4, -0.2) is 5.97 Å². The summed E-state index contributed by atoms with van der Waals surface area (Å²) in [5.74, 6) is 1.52. The Morgan fingerprint density at radius 1 is 1.16 bits per heavy atom. The predicted octanol–water partition coefficient (Wildman–Crippen LogP) is 4.79. The van der Waals surface area contributed by atoms with Gasteiger partial charge >= 0.3 is 5.97 Å². The first-order valence-electron chi connectivity index (χ1n) is 6.98. The summed E-state index contributed by atoms with van der Waals surface area (Å²) < 4.78 is 5.08. The molecule has 0 spiro atoms. The molecule has 0 heterocycles. The second-order valence-corrected chi connectivity index (χ2v) is 6.71. The molecule has 0 fully saturated rings. The lowest BCUT2D eigenvalue weighted by molar-refractivity contribution is -0.131. The molecule has 0 saturated heterocycles. The van der Waals surface area contributed by atoms with Crippen molar-refractivity contribution in [1.82, 2.24) is 0 Å². The zero-order valence-corrected chi connectivity index (χ0v) is 13.0. The molecule has 0 aromatic heterocycles. The van der Waals surface area contributed by atoms with Crippen LogP contribution in [-0.2, 0) is 4.79 Å². The Bertz CT molecular complexity index is 410. The molecule has 106 valence electrons. The van der Waals surface area contributed by atoms with E-state index in [1.807, 2.05) is 12.1 Å². The minimum atomic E-state index is -0.276. The number of hydrogen-bond acceptors (Lipinski definition) is 2. The van der Waals surface area contributed by atoms with Gasteiger partial charge in [-0.2, -0.15) is 0 Å². The maximum Gasteiger partial charge on any atom is 0.308 e. The molecule has 2 heteroatoms. The van der Waals surface area contributed by atoms with Gasteiger partial charge in [0.05, 0.1) is 0 Å². The number of carbonyl (C=O) groups excluding carboxylic acids is 1. The maximum absolute atomic E-state index is 10.9. The minimum absolute atomic E-state index is 0.229. The summed E-state index contributed by atoms with van der Waals surface area (Å²) in [6.07, 6.45) is 1.16. The van der Waals surface area contributed by atoms with E-state index in [1.54, 1.807) is 0 Å². The van der Waals surface area contributed by atoms with Crippen molar-refractivity contribution in [2.45, 2.75) is 53.9 Å². The van der Waals surface area contributed by atoms with Crippen molar-refractivity contribution in [3.8, 4) is 5.75 Å². The molecule has 0 aliphatic rings. The number of esters is 1. The molecule has 1 rings (SSSR count). The molecule has 1 atom stereocenters. The summed E-state index contributed by atoms with van der Waals surface area (Å²) in [4.78, 5) is 10.9. The molecule has 2 nitrogen and oxygen atoms in total. The predicted molar refractivity (Wildman–Crippen MR) is 79.4 cm³/mol. The van der Waals surface area contributed by atoms with Crippen molar-refractivity contribution in [1.29, 1.82) is 0 Å². The first-order chi connectivity index (χ1) is 8.70. The topological polar surface area (TPSA) is 26.3 Å². The molecule has 19 heavy (non-hydrogen) atoms. The fraction of sp³-hybridized carbons (Fsp3) is 0.588. The summed E-state index contributed by atoms with van der Waals surface area (Å²) in [7, 11) is 0. The first kappa shape index (κ1) is 15.7. The monoisotopic (exact) mass is 262 g/mol. The van der Waals surface area contributed by atoms with Gasteiger partial charge in [-0.25, -0.2) is 0 Å². The van der Waals surface area contributed by atoms with Crippen LogP contribution in [0, 0.1) is 11.3 Å². The van der Waals surface area contributed by atoms with E-state index in [1.165, 1.54) is 12.5 Å². The van der Waals surface area contributed by atoms with Crippen LogP contribution in [0.5, 0.6) is 5.75 Å². The second kappa shape index (κ2) is 6.23. The third-order valence-corrected chi connectivity index (χ3v) is 3.30. The Labute approximate surface area is 117 Å². The quantitative estimate of drug-likeness (QED) is 0.576. The van der Waals surface area contributed by atoms with Crippen LogP contribution in [0.25, 0.3) is 0 Å². The molecule has 1 aromatic rings. The zero-order chi connectivity index (χ0) is 14.6. The van der Waals surface area contributed by atoms with Gasteiger partial charge in [-0.05, 0) is 41.4 Å². The number of carbonyl (C=O) groups is 1. The van der Waals surface area contributed by atoms with Crippen LogP contribution in [0.1, 0.15) is 59.4 Å². The molecule has 0 saturated carbocycles. The molecule has 1 unspecified atom stereocenters. The standard InChI is InChI=1S/C17H26O2/c1-12(2)11-16(17(4,5)6)14-7-9-15(10-8-14)19-13(3)18/h7-10,12,16H,11H2,1-6H3. The largest absolute Gasteiger partial charge is 0.427 e. The molecule has 0 amide bonds. The Balaban J connectivity index is 2.94. The highest BCUT2D eigenvalue weighted by atomic mass is 16.5. The van der Waals surface area contributed by atoms with Crippen molar-refractivity contribution in [2.24, 2.45) is 11.3 Å². The highest BCUT2D eigenvalue weighted by Crippen LogP contribution is 2.40. The normalized spacial score (nSPS) is 13.4. The summed E-state index contributed by atoms with van der Waals surface area (Å²) >= 11 is 0. The zero-order valence-electron chi connectivity index (χ0n) is 13.0. The smallest absolute Gasteiger partial charge is 0.308 e. The average molecular weight is 262 g/mol. The Morgan fingerprint density at radius 2 is 1.68 bits per heavy atom. The maximum atomic E-state index is 10.9. The van der Waals surface area contributed by atoms with Crippen molar-refractivity contribution in [2.75, 3.05) is 0 Å². The van der Waals surface area contributed by atoms with E-state index in [9.17, 15) is 4.79 Å². The molecule has 0 bridgehead atoms. The number of rotatable bonds is 4. The number of ether oxygens (including phenoxy) is 1. The summed E-state index contributed by atoms with van der Waals surface area (Å²) in [6.45, 7) is 12.8. The summed E-state index contributed by atoms with van der Waals surface area (Å²) in [5.41, 5.74) is 1.55. The van der Waals surface area contributed by atoms with Gasteiger partial charge in [-0.1, -0.05) is 46.8 Å². The highest BCUT2D eigenvalue weighted by Gasteiger charge is 2.26. The third-order valence-electron chi connectivity index (χ3n) is 3.30. The number of benzene rings is 1. The molecular formula is C17H26O2. The van der Waals surface area contributed by atoms with Crippen molar-refractivity contribution in [3.63, 3.8) is 0 Å². The van der Waals surface area contributed by atoms with E-state index < -0.39 is 0 Å². The van der Waals surface area contributed by atoms with Gasteiger partial charge in [0.1, 0.15) is 5.75 Å². The summed E-state index contributed by atoms with van der Waals surface area (Å²) in [5, 5.41) is 0. The van der Waals surface area contributed by atoms with Gasteiger partial charge < -0.3 is 4.74 Å². The Kier molecular flexibility index (Phi) is 5.16. The third kappa shape index (κ3) is 5.06. The second-order valence-electron chi connectivity index (χ2n) is 6.71. The van der Waals surface area contributed by atoms with Crippen LogP contribution in [0.3, 0.4) is 0 Å². The van der Waals surface area contributed by atoms with Crippen LogP contribution < -0.4 is 4.74 Å². The lowest BCUT2D eigenvalue weighted by atomic mass is 9.72. The van der Waals surface area contributed by atoms with Gasteiger partial charge in [0.25, 0.3) is 0 Å². The Hall–Kier alpha value is -1.31. The number of hydrogen-bond donors (Lipinski definition) is 0. The van der Waals surface area contributed by atoms with E-state index in [0.717, 1.165) is 6.42 Å². The van der Waals surface area contributed by atoms with Crippen LogP contribution in [0.2, 0.25) is 0 Å². The van der Waals surface area contributed by atoms with Crippen molar-refractivity contribution < 1.29 is 9.53 Å². The van der Waals surface area contributed by atoms with Gasteiger partial charge in [0.15, 0.2) is 0 Å². The lowest BCUT2D eigenvalue weighted by Crippen LogP contribution is -2.20. The SMILES string of the molecule is CC(=O)Oc1ccc(C(CC(C)C)C(C)(C)C)cc1. The average Bonchev–Trinajstić information content (AvgIpc) is 2.25. The molecule has 0 aliphatic heterocycles. The lowest BCUT2D eigenvalue weighted by Gasteiger charge is -2.32. The fourth-order valence-electron chi connectivity index (χ4n) is 2.40. The van der Waals surface area contributed by atoms with Gasteiger partial charge in [-0.15, -0.1) is 0 Å². The fourth-order valence-corrected chi connectivity index (χ4v) is 2.40. The van der Waals surface area contributed by atoms with Crippen LogP contribution in [0.4, 0.5) is 0 Å². The van der Waals surface area contributed by atoms with Gasteiger partial charge in [0.2, 0.25) is 0 Å². The van der Waals surface area contributed by atoms with Gasteiger partial charge in [-0.3, -0.25) is 4.79 Å². The molecule has 0 N–H and O–H groups in total. The first-order valence-corrected chi connectivity index (χ1v) is 6.98. The van der Waals surface area contributed by atoms with Crippen LogP contribution >= 0.6 is 0 Å². The van der Waals surface area contributed by atoms with E-state index >= 15 is 0 Å². The molecule has 1 aromatic carbocycles. The van der Waals surface area contributed by atoms with Crippen molar-refractivity contribution in [3.05, 3.63) is 29.8 Å². The van der Waals surface area contributed by atoms with Gasteiger partial charge in [0, 0.05) is 6.92 Å². The minimum Gasteiger partial charge on any atom is -0.427 e. The summed E-state index contributed by atoms with van der Waals surface area (Å²) in [6, 6.07) is 7.93. The van der Waals surface area contributed by atoms with E-state index in [0.29, 0.717) is 17.6 Å². The van der Waals surface area contributed by atoms with E-state index in [2.05, 4.69) is 46.8 Å². The Morgan fingerprint density at radius 3 is 2.05 bits per heavy atom. The highest BCUT2D eigenvalue weighted by molar-refractivity contribution is 5.69. The van der Waals surface area contributed by atoms with E-state index in [4.69, 9.17) is 4.74 Å². The van der Waals surface area contributed by atoms with Crippen molar-refractivity contribution >= 4 is 5.97 Å². The molecule has 0 radical (unpaired) electrons. The van der Waals surface area contributed by atoms with Crippen LogP contribution in [0.15, 0.2) is 24.3 Å². The molecular weight excluding hydrogens is 236 g/mol. The van der Waals surface area contributed by atoms with E-state index in [-0.39, 0.29) is 11.4 Å². The molecule has 0 aliphatic carbocycles.